The van der Waals surface area contributed by atoms with Gasteiger partial charge in [0.15, 0.2) is 0 Å². The summed E-state index contributed by atoms with van der Waals surface area (Å²) in [6, 6.07) is 13.0. The summed E-state index contributed by atoms with van der Waals surface area (Å²) in [6.45, 7) is 2.09. The van der Waals surface area contributed by atoms with E-state index in [9.17, 15) is 14.3 Å². The van der Waals surface area contributed by atoms with Crippen molar-refractivity contribution in [2.75, 3.05) is 0 Å². The van der Waals surface area contributed by atoms with E-state index in [1.165, 1.54) is 18.2 Å². The van der Waals surface area contributed by atoms with Crippen molar-refractivity contribution >= 4 is 23.8 Å². The molecule has 0 unspecified atom stereocenters. The minimum atomic E-state index is -1.12. The van der Waals surface area contributed by atoms with Crippen LogP contribution in [0, 0.1) is 5.82 Å². The Balaban J connectivity index is 1.80. The van der Waals surface area contributed by atoms with Crippen LogP contribution >= 0.6 is 11.8 Å². The van der Waals surface area contributed by atoms with Gasteiger partial charge >= 0.3 is 5.97 Å². The number of hydrogen-bond donors (Lipinski definition) is 1. The largest absolute Gasteiger partial charge is 0.488 e. The van der Waals surface area contributed by atoms with Crippen LogP contribution in [-0.2, 0) is 17.8 Å². The highest BCUT2D eigenvalue weighted by atomic mass is 32.2. The molecule has 0 saturated carbocycles. The number of aryl methyl sites for hydroxylation is 1. The zero-order valence-corrected chi connectivity index (χ0v) is 15.8. The number of aliphatic carboxylic acids is 1. The Bertz CT molecular complexity index is 986. The summed E-state index contributed by atoms with van der Waals surface area (Å²) >= 11 is 0.877. The number of hydrogen-bond acceptors (Lipinski definition) is 6. The predicted octanol–water partition coefficient (Wildman–Crippen LogP) is 4.57. The molecule has 1 heterocycles. The lowest BCUT2D eigenvalue weighted by Crippen LogP contribution is -1.99. The fourth-order valence-corrected chi connectivity index (χ4v) is 2.95. The first-order valence-corrected chi connectivity index (χ1v) is 9.28. The molecule has 0 aliphatic heterocycles. The van der Waals surface area contributed by atoms with Gasteiger partial charge in [-0.25, -0.2) is 9.18 Å². The fraction of sp³-hybridized carbons (Fsp3) is 0.150. The Labute approximate surface area is 165 Å². The van der Waals surface area contributed by atoms with Crippen LogP contribution in [0.2, 0.25) is 0 Å². The van der Waals surface area contributed by atoms with E-state index < -0.39 is 5.97 Å². The van der Waals surface area contributed by atoms with Crippen molar-refractivity contribution < 1.29 is 23.4 Å². The molecule has 0 atom stereocenters. The van der Waals surface area contributed by atoms with Crippen molar-refractivity contribution in [3.8, 4) is 5.75 Å². The van der Waals surface area contributed by atoms with E-state index in [1.54, 1.807) is 36.4 Å². The smallest absolute Gasteiger partial charge is 0.342 e. The molecule has 8 heteroatoms. The number of ether oxygens (including phenoxy) is 1. The van der Waals surface area contributed by atoms with Crippen molar-refractivity contribution in [3.63, 3.8) is 0 Å². The van der Waals surface area contributed by atoms with Crippen LogP contribution in [0.3, 0.4) is 0 Å². The normalized spacial score (nSPS) is 11.4. The highest BCUT2D eigenvalue weighted by Crippen LogP contribution is 2.30. The van der Waals surface area contributed by atoms with Crippen LogP contribution in [0.25, 0.3) is 6.08 Å². The maximum absolute atomic E-state index is 13.0. The Morgan fingerprint density at radius 3 is 2.64 bits per heavy atom. The topological polar surface area (TPSA) is 85.5 Å². The van der Waals surface area contributed by atoms with Gasteiger partial charge in [-0.15, -0.1) is 10.2 Å². The number of halogens is 1. The third kappa shape index (κ3) is 5.20. The lowest BCUT2D eigenvalue weighted by Gasteiger charge is -2.10. The van der Waals surface area contributed by atoms with Gasteiger partial charge in [-0.05, 0) is 41.6 Å². The number of carboxylic acids is 1. The molecule has 1 N–H and O–H groups in total. The van der Waals surface area contributed by atoms with Gasteiger partial charge in [0, 0.05) is 12.0 Å². The molecule has 0 fully saturated rings. The average molecular weight is 400 g/mol. The summed E-state index contributed by atoms with van der Waals surface area (Å²) in [5.41, 5.74) is 1.38. The zero-order valence-electron chi connectivity index (χ0n) is 15.0. The van der Waals surface area contributed by atoms with Gasteiger partial charge in [-0.3, -0.25) is 0 Å². The van der Waals surface area contributed by atoms with Crippen molar-refractivity contribution in [2.45, 2.75) is 25.2 Å². The molecule has 0 saturated heterocycles. The first-order valence-electron chi connectivity index (χ1n) is 8.46. The number of nitrogens with zero attached hydrogens (tertiary/aromatic N) is 2. The van der Waals surface area contributed by atoms with Gasteiger partial charge in [-0.1, -0.05) is 37.3 Å². The molecule has 0 aliphatic carbocycles. The van der Waals surface area contributed by atoms with Gasteiger partial charge in [0.1, 0.15) is 23.1 Å². The SMILES string of the molecule is CCc1nnc(S/C(=C\c2ccccc2OCc2ccc(F)cc2)C(=O)O)o1. The van der Waals surface area contributed by atoms with E-state index >= 15 is 0 Å². The fourth-order valence-electron chi connectivity index (χ4n) is 2.27. The summed E-state index contributed by atoms with van der Waals surface area (Å²) in [5.74, 6) is -0.488. The Morgan fingerprint density at radius 2 is 1.96 bits per heavy atom. The van der Waals surface area contributed by atoms with E-state index in [0.29, 0.717) is 23.6 Å². The molecule has 0 aliphatic rings. The molecule has 0 amide bonds. The number of rotatable bonds is 8. The van der Waals surface area contributed by atoms with E-state index in [0.717, 1.165) is 17.3 Å². The Hall–Kier alpha value is -3.13. The highest BCUT2D eigenvalue weighted by molar-refractivity contribution is 8.03. The average Bonchev–Trinajstić information content (AvgIpc) is 3.15. The summed E-state index contributed by atoms with van der Waals surface area (Å²) in [7, 11) is 0. The van der Waals surface area contributed by atoms with Crippen LogP contribution in [0.4, 0.5) is 4.39 Å². The summed E-state index contributed by atoms with van der Waals surface area (Å²) < 4.78 is 24.2. The van der Waals surface area contributed by atoms with Gasteiger partial charge in [-0.2, -0.15) is 0 Å². The number of carbonyl (C=O) groups is 1. The lowest BCUT2D eigenvalue weighted by molar-refractivity contribution is -0.131. The third-order valence-corrected chi connectivity index (χ3v) is 4.52. The molecular formula is C20H17FN2O4S. The Morgan fingerprint density at radius 1 is 1.21 bits per heavy atom. The number of benzene rings is 2. The lowest BCUT2D eigenvalue weighted by atomic mass is 10.2. The van der Waals surface area contributed by atoms with Crippen LogP contribution in [0.15, 0.2) is 63.1 Å². The molecule has 3 aromatic rings. The number of para-hydroxylation sites is 1. The minimum absolute atomic E-state index is 0.0177. The van der Waals surface area contributed by atoms with Crippen molar-refractivity contribution in [2.24, 2.45) is 0 Å². The number of thioether (sulfide) groups is 1. The summed E-state index contributed by atoms with van der Waals surface area (Å²) in [5, 5.41) is 17.4. The van der Waals surface area contributed by atoms with Gasteiger partial charge in [0.25, 0.3) is 5.22 Å². The first kappa shape index (κ1) is 19.6. The highest BCUT2D eigenvalue weighted by Gasteiger charge is 2.16. The molecule has 144 valence electrons. The monoisotopic (exact) mass is 400 g/mol. The predicted molar refractivity (Wildman–Crippen MR) is 102 cm³/mol. The van der Waals surface area contributed by atoms with E-state index in [-0.39, 0.29) is 22.6 Å². The standard InChI is InChI=1S/C20H17FN2O4S/c1-2-18-22-23-20(27-18)28-17(19(24)25)11-14-5-3-4-6-16(14)26-12-13-7-9-15(21)10-8-13/h3-11H,2,12H2,1H3,(H,24,25)/b17-11-. The summed E-state index contributed by atoms with van der Waals surface area (Å²) in [4.78, 5) is 11.7. The van der Waals surface area contributed by atoms with E-state index in [4.69, 9.17) is 9.15 Å². The van der Waals surface area contributed by atoms with Gasteiger partial charge in [0.05, 0.1) is 0 Å². The second kappa shape index (κ2) is 9.18. The van der Waals surface area contributed by atoms with Crippen molar-refractivity contribution in [1.29, 1.82) is 0 Å². The van der Waals surface area contributed by atoms with Crippen molar-refractivity contribution in [3.05, 3.63) is 76.3 Å². The molecule has 0 bridgehead atoms. The molecule has 0 spiro atoms. The van der Waals surface area contributed by atoms with Crippen LogP contribution in [0.1, 0.15) is 23.9 Å². The zero-order chi connectivity index (χ0) is 19.9. The molecule has 1 aromatic heterocycles. The molecule has 6 nitrogen and oxygen atoms in total. The van der Waals surface area contributed by atoms with E-state index in [1.807, 2.05) is 6.92 Å². The number of aromatic nitrogens is 2. The second-order valence-corrected chi connectivity index (χ2v) is 6.68. The van der Waals surface area contributed by atoms with Gasteiger partial charge in [0.2, 0.25) is 5.89 Å². The molecule has 3 rings (SSSR count). The van der Waals surface area contributed by atoms with Gasteiger partial charge < -0.3 is 14.3 Å². The molecule has 0 radical (unpaired) electrons. The second-order valence-electron chi connectivity index (χ2n) is 5.68. The molecular weight excluding hydrogens is 383 g/mol. The van der Waals surface area contributed by atoms with Crippen molar-refractivity contribution in [1.82, 2.24) is 10.2 Å². The minimum Gasteiger partial charge on any atom is -0.488 e. The van der Waals surface area contributed by atoms with Crippen LogP contribution < -0.4 is 4.74 Å². The van der Waals surface area contributed by atoms with E-state index in [2.05, 4.69) is 10.2 Å². The quantitative estimate of drug-likeness (QED) is 0.438. The molecule has 2 aromatic carbocycles. The van der Waals surface area contributed by atoms with Crippen LogP contribution in [0.5, 0.6) is 5.75 Å². The Kier molecular flexibility index (Phi) is 6.44. The molecule has 28 heavy (non-hydrogen) atoms. The maximum atomic E-state index is 13.0. The maximum Gasteiger partial charge on any atom is 0.342 e. The number of carboxylic acid groups (broad SMARTS) is 1. The summed E-state index contributed by atoms with van der Waals surface area (Å²) in [6.07, 6.45) is 2.06. The third-order valence-electron chi connectivity index (χ3n) is 3.67. The van der Waals surface area contributed by atoms with Crippen LogP contribution in [-0.4, -0.2) is 21.3 Å². The first-order chi connectivity index (χ1) is 13.5.